The van der Waals surface area contributed by atoms with Gasteiger partial charge in [-0.05, 0) is 0 Å². The smallest absolute Gasteiger partial charge is 0.306 e. The Morgan fingerprint density at radius 2 is 2.00 bits per heavy atom. The third-order valence-corrected chi connectivity index (χ3v) is 2.33. The lowest BCUT2D eigenvalue weighted by Gasteiger charge is -2.16. The normalized spacial score (nSPS) is 18.0. The van der Waals surface area contributed by atoms with Crippen LogP contribution in [0.4, 0.5) is 5.69 Å². The van der Waals surface area contributed by atoms with Gasteiger partial charge in [-0.2, -0.15) is 5.06 Å². The first-order chi connectivity index (χ1) is 7.71. The number of fused-ring (bicyclic) bond motifs is 1. The van der Waals surface area contributed by atoms with Crippen molar-refractivity contribution in [2.45, 2.75) is 6.41 Å². The van der Waals surface area contributed by atoms with Gasteiger partial charge in [-0.3, -0.25) is 5.21 Å². The molecule has 0 radical (unpaired) electrons. The minimum Gasteiger partial charge on any atom is -0.496 e. The van der Waals surface area contributed by atoms with Crippen LogP contribution in [0.2, 0.25) is 0 Å². The van der Waals surface area contributed by atoms with Crippen molar-refractivity contribution in [1.82, 2.24) is 0 Å². The summed E-state index contributed by atoms with van der Waals surface area (Å²) in [6.45, 7) is 0. The van der Waals surface area contributed by atoms with Crippen molar-refractivity contribution < 1.29 is 24.2 Å². The fraction of sp³-hybridized carbons (Fsp3) is 0.400. The average molecular weight is 227 g/mol. The maximum absolute atomic E-state index is 9.78. The third kappa shape index (κ3) is 1.52. The van der Waals surface area contributed by atoms with Crippen LogP contribution in [0.3, 0.4) is 0 Å². The first-order valence-corrected chi connectivity index (χ1v) is 4.65. The molecule has 1 aromatic carbocycles. The summed E-state index contributed by atoms with van der Waals surface area (Å²) in [5.41, 5.74) is 0.426. The summed E-state index contributed by atoms with van der Waals surface area (Å²) < 4.78 is 20.5. The predicted molar refractivity (Wildman–Crippen MR) is 55.2 cm³/mol. The van der Waals surface area contributed by atoms with Gasteiger partial charge in [0.1, 0.15) is 5.75 Å². The Bertz CT molecular complexity index is 395. The van der Waals surface area contributed by atoms with E-state index in [-0.39, 0.29) is 0 Å². The maximum atomic E-state index is 9.78. The quantitative estimate of drug-likeness (QED) is 0.837. The van der Waals surface area contributed by atoms with E-state index in [4.69, 9.17) is 18.9 Å². The van der Waals surface area contributed by atoms with E-state index < -0.39 is 6.41 Å². The third-order valence-electron chi connectivity index (χ3n) is 2.33. The van der Waals surface area contributed by atoms with Crippen molar-refractivity contribution in [3.63, 3.8) is 0 Å². The van der Waals surface area contributed by atoms with Crippen LogP contribution in [0.1, 0.15) is 0 Å². The molecule has 2 rings (SSSR count). The number of ether oxygens (including phenoxy) is 4. The fourth-order valence-corrected chi connectivity index (χ4v) is 1.56. The van der Waals surface area contributed by atoms with E-state index in [9.17, 15) is 5.21 Å². The van der Waals surface area contributed by atoms with Crippen molar-refractivity contribution >= 4 is 5.69 Å². The van der Waals surface area contributed by atoms with Crippen LogP contribution in [0.25, 0.3) is 0 Å². The Labute approximate surface area is 92.8 Å². The molecule has 0 saturated carbocycles. The Morgan fingerprint density at radius 3 is 2.56 bits per heavy atom. The van der Waals surface area contributed by atoms with Crippen LogP contribution in [0, 0.1) is 0 Å². The van der Waals surface area contributed by atoms with Crippen LogP contribution in [-0.4, -0.2) is 33.0 Å². The molecular formula is C10H13NO5. The highest BCUT2D eigenvalue weighted by molar-refractivity contribution is 5.71. The molecule has 1 aromatic rings. The van der Waals surface area contributed by atoms with E-state index >= 15 is 0 Å². The van der Waals surface area contributed by atoms with Crippen molar-refractivity contribution in [2.75, 3.05) is 26.4 Å². The summed E-state index contributed by atoms with van der Waals surface area (Å²) in [7, 11) is 4.48. The van der Waals surface area contributed by atoms with Gasteiger partial charge in [-0.15, -0.1) is 0 Å². The van der Waals surface area contributed by atoms with Crippen LogP contribution >= 0.6 is 0 Å². The number of nitrogens with zero attached hydrogens (tertiary/aromatic N) is 1. The summed E-state index contributed by atoms with van der Waals surface area (Å²) in [5.74, 6) is 1.49. The Hall–Kier alpha value is -1.66. The molecule has 16 heavy (non-hydrogen) atoms. The zero-order chi connectivity index (χ0) is 11.7. The number of anilines is 1. The van der Waals surface area contributed by atoms with Crippen LogP contribution < -0.4 is 19.3 Å². The minimum absolute atomic E-state index is 0.426. The second-order valence-corrected chi connectivity index (χ2v) is 3.18. The molecule has 1 atom stereocenters. The summed E-state index contributed by atoms with van der Waals surface area (Å²) in [6.07, 6.45) is -0.865. The molecular weight excluding hydrogens is 214 g/mol. The topological polar surface area (TPSA) is 60.4 Å². The molecule has 1 aliphatic rings. The van der Waals surface area contributed by atoms with Crippen molar-refractivity contribution in [1.29, 1.82) is 0 Å². The summed E-state index contributed by atoms with van der Waals surface area (Å²) >= 11 is 0. The lowest BCUT2D eigenvalue weighted by molar-refractivity contribution is -0.0838. The lowest BCUT2D eigenvalue weighted by atomic mass is 10.2. The van der Waals surface area contributed by atoms with E-state index in [0.29, 0.717) is 22.9 Å². The van der Waals surface area contributed by atoms with Crippen molar-refractivity contribution in [3.8, 4) is 17.2 Å². The van der Waals surface area contributed by atoms with Crippen LogP contribution in [0.15, 0.2) is 12.1 Å². The second kappa shape index (κ2) is 4.07. The number of methoxy groups -OCH3 is 3. The van der Waals surface area contributed by atoms with E-state index in [0.717, 1.165) is 5.06 Å². The van der Waals surface area contributed by atoms with Crippen LogP contribution in [-0.2, 0) is 4.74 Å². The highest BCUT2D eigenvalue weighted by Crippen LogP contribution is 2.46. The number of benzene rings is 1. The van der Waals surface area contributed by atoms with Crippen molar-refractivity contribution in [2.24, 2.45) is 0 Å². The van der Waals surface area contributed by atoms with Crippen molar-refractivity contribution in [3.05, 3.63) is 12.1 Å². The van der Waals surface area contributed by atoms with E-state index in [1.807, 2.05) is 0 Å². The zero-order valence-corrected chi connectivity index (χ0v) is 9.26. The van der Waals surface area contributed by atoms with Gasteiger partial charge in [0.15, 0.2) is 17.2 Å². The molecule has 0 saturated heterocycles. The molecule has 6 heteroatoms. The minimum atomic E-state index is -0.865. The molecule has 1 heterocycles. The van der Waals surface area contributed by atoms with E-state index in [1.54, 1.807) is 19.2 Å². The standard InChI is InChI=1S/C10H13NO5/c1-13-6-4-7(14-2)9-8(5-6)16-10(15-3)11(9)12/h4-5,10,12H,1-3H3. The predicted octanol–water partition coefficient (Wildman–Crippen LogP) is 1.22. The van der Waals surface area contributed by atoms with E-state index in [2.05, 4.69) is 0 Å². The van der Waals surface area contributed by atoms with E-state index in [1.165, 1.54) is 14.2 Å². The molecule has 0 fully saturated rings. The molecule has 0 amide bonds. The van der Waals surface area contributed by atoms with Gasteiger partial charge in [0.25, 0.3) is 0 Å². The molecule has 6 nitrogen and oxygen atoms in total. The number of rotatable bonds is 3. The maximum Gasteiger partial charge on any atom is 0.306 e. The molecule has 88 valence electrons. The van der Waals surface area contributed by atoms with Gasteiger partial charge in [0.2, 0.25) is 0 Å². The molecule has 0 bridgehead atoms. The molecule has 0 spiro atoms. The number of hydrogen-bond donors (Lipinski definition) is 1. The highest BCUT2D eigenvalue weighted by atomic mass is 16.8. The van der Waals surface area contributed by atoms with Gasteiger partial charge in [0.05, 0.1) is 14.2 Å². The molecule has 0 aromatic heterocycles. The van der Waals surface area contributed by atoms with Gasteiger partial charge in [0, 0.05) is 19.2 Å². The molecule has 1 N–H and O–H groups in total. The number of hydroxylamine groups is 1. The average Bonchev–Trinajstić information content (AvgIpc) is 2.65. The molecule has 1 unspecified atom stereocenters. The summed E-state index contributed by atoms with van der Waals surface area (Å²) in [6, 6.07) is 3.31. The Morgan fingerprint density at radius 1 is 1.25 bits per heavy atom. The van der Waals surface area contributed by atoms with Gasteiger partial charge >= 0.3 is 6.41 Å². The SMILES string of the molecule is COc1cc(OC)c2c(c1)OC(OC)N2O. The van der Waals surface area contributed by atoms with Crippen LogP contribution in [0.5, 0.6) is 17.2 Å². The Balaban J connectivity index is 2.47. The molecule has 0 aliphatic carbocycles. The monoisotopic (exact) mass is 227 g/mol. The summed E-state index contributed by atoms with van der Waals surface area (Å²) in [5, 5.41) is 10.6. The van der Waals surface area contributed by atoms with Gasteiger partial charge < -0.3 is 18.9 Å². The first-order valence-electron chi connectivity index (χ1n) is 4.65. The Kier molecular flexibility index (Phi) is 2.76. The van der Waals surface area contributed by atoms with Gasteiger partial charge in [-0.25, -0.2) is 0 Å². The molecule has 1 aliphatic heterocycles. The number of hydrogen-bond acceptors (Lipinski definition) is 6. The van der Waals surface area contributed by atoms with Gasteiger partial charge in [-0.1, -0.05) is 0 Å². The largest absolute Gasteiger partial charge is 0.496 e. The lowest BCUT2D eigenvalue weighted by Crippen LogP contribution is -2.33. The zero-order valence-electron chi connectivity index (χ0n) is 9.26. The fourth-order valence-electron chi connectivity index (χ4n) is 1.56. The highest BCUT2D eigenvalue weighted by Gasteiger charge is 2.34. The second-order valence-electron chi connectivity index (χ2n) is 3.18. The first kappa shape index (κ1) is 10.8. The summed E-state index contributed by atoms with van der Waals surface area (Å²) in [4.78, 5) is 0.